The molecule has 0 aromatic heterocycles. The zero-order chi connectivity index (χ0) is 12.0. The van der Waals surface area contributed by atoms with Gasteiger partial charge in [0, 0.05) is 45.8 Å². The van der Waals surface area contributed by atoms with Crippen molar-refractivity contribution in [3.8, 4) is 0 Å². The van der Waals surface area contributed by atoms with Crippen LogP contribution in [0.3, 0.4) is 0 Å². The Hall–Kier alpha value is -0.160. The van der Waals surface area contributed by atoms with Crippen LogP contribution in [-0.4, -0.2) is 72.9 Å². The molecule has 0 amide bonds. The van der Waals surface area contributed by atoms with E-state index in [4.69, 9.17) is 0 Å². The molecule has 0 aromatic carbocycles. The third-order valence-electron chi connectivity index (χ3n) is 2.93. The Kier molecular flexibility index (Phi) is 5.69. The summed E-state index contributed by atoms with van der Waals surface area (Å²) in [6, 6.07) is 0. The Morgan fingerprint density at radius 1 is 1.12 bits per heavy atom. The molecule has 1 aliphatic rings. The van der Waals surface area contributed by atoms with E-state index in [2.05, 4.69) is 22.0 Å². The summed E-state index contributed by atoms with van der Waals surface area (Å²) in [5.74, 6) is 0. The van der Waals surface area contributed by atoms with Crippen molar-refractivity contribution in [3.05, 3.63) is 0 Å². The minimum absolute atomic E-state index is 0.564. The van der Waals surface area contributed by atoms with Crippen LogP contribution in [0.4, 0.5) is 0 Å². The number of likely N-dealkylation sites (N-methyl/N-ethyl adjacent to an activating group) is 1. The zero-order valence-corrected chi connectivity index (χ0v) is 11.0. The summed E-state index contributed by atoms with van der Waals surface area (Å²) in [5.41, 5.74) is -0.564. The van der Waals surface area contributed by atoms with Crippen molar-refractivity contribution in [1.29, 1.82) is 0 Å². The van der Waals surface area contributed by atoms with Gasteiger partial charge in [-0.1, -0.05) is 6.92 Å². The monoisotopic (exact) mass is 229 g/mol. The van der Waals surface area contributed by atoms with Crippen molar-refractivity contribution in [2.24, 2.45) is 0 Å². The number of hydrogen-bond donors (Lipinski definition) is 2. The number of hydrogen-bond acceptors (Lipinski definition) is 4. The topological polar surface area (TPSA) is 38.7 Å². The lowest BCUT2D eigenvalue weighted by Crippen LogP contribution is -2.51. The first-order chi connectivity index (χ1) is 7.51. The number of rotatable bonds is 6. The summed E-state index contributed by atoms with van der Waals surface area (Å²) >= 11 is 0. The van der Waals surface area contributed by atoms with Crippen LogP contribution >= 0.6 is 0 Å². The average Bonchev–Trinajstić information content (AvgIpc) is 2.19. The fourth-order valence-corrected chi connectivity index (χ4v) is 2.13. The lowest BCUT2D eigenvalue weighted by atomic mass is 10.1. The van der Waals surface area contributed by atoms with Gasteiger partial charge in [0.2, 0.25) is 0 Å². The van der Waals surface area contributed by atoms with Gasteiger partial charge in [-0.3, -0.25) is 9.80 Å². The predicted molar refractivity (Wildman–Crippen MR) is 67.7 cm³/mol. The number of piperazine rings is 1. The maximum atomic E-state index is 9.74. The van der Waals surface area contributed by atoms with Crippen LogP contribution in [0.15, 0.2) is 0 Å². The second kappa shape index (κ2) is 6.55. The second-order valence-electron chi connectivity index (χ2n) is 5.28. The molecule has 16 heavy (non-hydrogen) atoms. The van der Waals surface area contributed by atoms with E-state index in [1.807, 2.05) is 13.8 Å². The van der Waals surface area contributed by atoms with Gasteiger partial charge in [0.1, 0.15) is 0 Å². The van der Waals surface area contributed by atoms with E-state index >= 15 is 0 Å². The summed E-state index contributed by atoms with van der Waals surface area (Å²) in [6.45, 7) is 14.4. The van der Waals surface area contributed by atoms with Crippen LogP contribution in [0.25, 0.3) is 0 Å². The molecule has 2 N–H and O–H groups in total. The molecular weight excluding hydrogens is 202 g/mol. The van der Waals surface area contributed by atoms with Crippen molar-refractivity contribution >= 4 is 0 Å². The van der Waals surface area contributed by atoms with Gasteiger partial charge in [0.25, 0.3) is 0 Å². The van der Waals surface area contributed by atoms with Crippen LogP contribution < -0.4 is 5.32 Å². The Balaban J connectivity index is 2.13. The molecule has 96 valence electrons. The van der Waals surface area contributed by atoms with Crippen LogP contribution in [0, 0.1) is 0 Å². The molecule has 0 aliphatic carbocycles. The molecule has 0 atom stereocenters. The molecule has 4 heteroatoms. The maximum Gasteiger partial charge on any atom is 0.0718 e. The van der Waals surface area contributed by atoms with E-state index in [0.29, 0.717) is 0 Å². The van der Waals surface area contributed by atoms with E-state index in [9.17, 15) is 5.11 Å². The quantitative estimate of drug-likeness (QED) is 0.628. The predicted octanol–water partition coefficient (Wildman–Crippen LogP) is -0.0156. The molecule has 4 nitrogen and oxygen atoms in total. The fraction of sp³-hybridized carbons (Fsp3) is 1.00. The highest BCUT2D eigenvalue weighted by molar-refractivity contribution is 4.78. The van der Waals surface area contributed by atoms with Gasteiger partial charge in [-0.25, -0.2) is 0 Å². The van der Waals surface area contributed by atoms with E-state index < -0.39 is 5.60 Å². The van der Waals surface area contributed by atoms with Gasteiger partial charge in [-0.2, -0.15) is 0 Å². The van der Waals surface area contributed by atoms with Gasteiger partial charge in [0.05, 0.1) is 5.60 Å². The number of nitrogens with one attached hydrogen (secondary N) is 1. The Morgan fingerprint density at radius 2 is 1.69 bits per heavy atom. The molecule has 1 aliphatic heterocycles. The molecule has 0 bridgehead atoms. The summed E-state index contributed by atoms with van der Waals surface area (Å²) in [6.07, 6.45) is 0. The van der Waals surface area contributed by atoms with Crippen LogP contribution in [0.5, 0.6) is 0 Å². The summed E-state index contributed by atoms with van der Waals surface area (Å²) in [4.78, 5) is 4.84. The van der Waals surface area contributed by atoms with Crippen molar-refractivity contribution < 1.29 is 5.11 Å². The maximum absolute atomic E-state index is 9.74. The van der Waals surface area contributed by atoms with Crippen molar-refractivity contribution in [3.63, 3.8) is 0 Å². The number of aliphatic hydroxyl groups is 1. The van der Waals surface area contributed by atoms with Gasteiger partial charge in [-0.15, -0.1) is 0 Å². The molecule has 0 aromatic rings. The molecule has 0 spiro atoms. The molecule has 1 heterocycles. The van der Waals surface area contributed by atoms with Crippen LogP contribution in [0.2, 0.25) is 0 Å². The fourth-order valence-electron chi connectivity index (χ4n) is 2.13. The van der Waals surface area contributed by atoms with Crippen molar-refractivity contribution in [1.82, 2.24) is 15.1 Å². The Morgan fingerprint density at radius 3 is 2.19 bits per heavy atom. The number of β-amino-alcohol motifs (C(OH)–C–C–N with tert-alkyl or cyclic N) is 1. The Labute approximate surface area is 99.6 Å². The van der Waals surface area contributed by atoms with E-state index in [-0.39, 0.29) is 0 Å². The van der Waals surface area contributed by atoms with E-state index in [0.717, 1.165) is 52.4 Å². The first-order valence-corrected chi connectivity index (χ1v) is 6.39. The third kappa shape index (κ3) is 5.80. The smallest absolute Gasteiger partial charge is 0.0718 e. The first-order valence-electron chi connectivity index (χ1n) is 6.39. The third-order valence-corrected chi connectivity index (χ3v) is 2.93. The average molecular weight is 229 g/mol. The van der Waals surface area contributed by atoms with Crippen molar-refractivity contribution in [2.45, 2.75) is 26.4 Å². The molecule has 0 unspecified atom stereocenters. The second-order valence-corrected chi connectivity index (χ2v) is 5.28. The molecular formula is C12H27N3O. The largest absolute Gasteiger partial charge is 0.389 e. The van der Waals surface area contributed by atoms with Gasteiger partial charge >= 0.3 is 0 Å². The van der Waals surface area contributed by atoms with E-state index in [1.165, 1.54) is 0 Å². The minimum Gasteiger partial charge on any atom is -0.389 e. The minimum atomic E-state index is -0.564. The normalized spacial score (nSPS) is 20.2. The molecule has 1 fully saturated rings. The summed E-state index contributed by atoms with van der Waals surface area (Å²) in [5, 5.41) is 13.1. The lowest BCUT2D eigenvalue weighted by molar-refractivity contribution is 0.0180. The van der Waals surface area contributed by atoms with Crippen LogP contribution in [0.1, 0.15) is 20.8 Å². The van der Waals surface area contributed by atoms with Gasteiger partial charge in [-0.05, 0) is 20.4 Å². The highest BCUT2D eigenvalue weighted by Gasteiger charge is 2.22. The zero-order valence-electron chi connectivity index (χ0n) is 11.0. The highest BCUT2D eigenvalue weighted by Crippen LogP contribution is 2.08. The summed E-state index contributed by atoms with van der Waals surface area (Å²) < 4.78 is 0. The number of nitrogens with zero attached hydrogens (tertiary/aromatic N) is 2. The molecule has 0 radical (unpaired) electrons. The lowest BCUT2D eigenvalue weighted by Gasteiger charge is -2.37. The SMILES string of the molecule is CCNCCN1CCN(CC(C)(C)O)CC1. The summed E-state index contributed by atoms with van der Waals surface area (Å²) in [7, 11) is 0. The Bertz CT molecular complexity index is 183. The van der Waals surface area contributed by atoms with Gasteiger partial charge < -0.3 is 10.4 Å². The van der Waals surface area contributed by atoms with Crippen molar-refractivity contribution in [2.75, 3.05) is 52.4 Å². The van der Waals surface area contributed by atoms with Gasteiger partial charge in [0.15, 0.2) is 0 Å². The standard InChI is InChI=1S/C12H27N3O/c1-4-13-5-6-14-7-9-15(10-8-14)11-12(2,3)16/h13,16H,4-11H2,1-3H3. The highest BCUT2D eigenvalue weighted by atomic mass is 16.3. The molecule has 1 rings (SSSR count). The van der Waals surface area contributed by atoms with E-state index in [1.54, 1.807) is 0 Å². The van der Waals surface area contributed by atoms with Crippen LogP contribution in [-0.2, 0) is 0 Å². The molecule has 1 saturated heterocycles. The molecule has 0 saturated carbocycles. The first kappa shape index (κ1) is 13.9.